The number of imide groups is 2. The van der Waals surface area contributed by atoms with Crippen molar-refractivity contribution < 1.29 is 24.2 Å². The molecule has 2 aromatic carbocycles. The first-order valence-corrected chi connectivity index (χ1v) is 8.81. The maximum Gasteiger partial charge on any atom is 0.335 e. The lowest BCUT2D eigenvalue weighted by Gasteiger charge is -2.26. The molecule has 1 fully saturated rings. The Hall–Kier alpha value is -3.32. The van der Waals surface area contributed by atoms with E-state index in [2.05, 4.69) is 5.32 Å². The highest BCUT2D eigenvalue weighted by Crippen LogP contribution is 2.29. The molecule has 4 amide bonds. The van der Waals surface area contributed by atoms with E-state index < -0.39 is 17.8 Å². The quantitative estimate of drug-likeness (QED) is 0.605. The topological polar surface area (TPSA) is 95.9 Å². The number of phenolic OH excluding ortho intramolecular Hbond substituents is 1. The highest BCUT2D eigenvalue weighted by molar-refractivity contribution is 6.39. The van der Waals surface area contributed by atoms with Gasteiger partial charge in [0.2, 0.25) is 0 Å². The van der Waals surface area contributed by atoms with Crippen molar-refractivity contribution in [1.29, 1.82) is 0 Å². The molecule has 2 aromatic rings. The normalized spacial score (nSPS) is 15.9. The fourth-order valence-electron chi connectivity index (χ4n) is 2.64. The molecule has 1 aliphatic rings. The first-order valence-electron chi connectivity index (χ1n) is 8.43. The molecule has 0 spiro atoms. The van der Waals surface area contributed by atoms with Crippen molar-refractivity contribution >= 4 is 41.2 Å². The minimum Gasteiger partial charge on any atom is -0.508 e. The molecule has 1 saturated heterocycles. The third-order valence-corrected chi connectivity index (χ3v) is 4.08. The smallest absolute Gasteiger partial charge is 0.335 e. The van der Waals surface area contributed by atoms with Crippen molar-refractivity contribution in [2.75, 3.05) is 4.90 Å². The molecule has 144 valence electrons. The van der Waals surface area contributed by atoms with Crippen LogP contribution >= 0.6 is 11.6 Å². The number of hydrogen-bond acceptors (Lipinski definition) is 5. The molecule has 1 heterocycles. The van der Waals surface area contributed by atoms with Gasteiger partial charge in [-0.1, -0.05) is 11.6 Å². The van der Waals surface area contributed by atoms with Gasteiger partial charge in [0.15, 0.2) is 0 Å². The zero-order chi connectivity index (χ0) is 20.4. The van der Waals surface area contributed by atoms with Crippen molar-refractivity contribution in [3.05, 3.63) is 58.6 Å². The van der Waals surface area contributed by atoms with Crippen LogP contribution in [0, 0.1) is 0 Å². The second-order valence-electron chi connectivity index (χ2n) is 6.32. The van der Waals surface area contributed by atoms with E-state index in [0.29, 0.717) is 16.3 Å². The van der Waals surface area contributed by atoms with E-state index >= 15 is 0 Å². The Kier molecular flexibility index (Phi) is 5.37. The molecule has 0 unspecified atom stereocenters. The number of barbiturate groups is 1. The van der Waals surface area contributed by atoms with Gasteiger partial charge in [-0.25, -0.2) is 9.69 Å². The van der Waals surface area contributed by atoms with Crippen molar-refractivity contribution in [3.63, 3.8) is 0 Å². The van der Waals surface area contributed by atoms with Gasteiger partial charge in [0.1, 0.15) is 17.1 Å². The van der Waals surface area contributed by atoms with E-state index in [4.69, 9.17) is 16.3 Å². The van der Waals surface area contributed by atoms with Gasteiger partial charge >= 0.3 is 6.03 Å². The number of rotatable bonds is 4. The highest BCUT2D eigenvalue weighted by atomic mass is 35.5. The Labute approximate surface area is 166 Å². The van der Waals surface area contributed by atoms with E-state index in [1.54, 1.807) is 18.2 Å². The Bertz CT molecular complexity index is 983. The van der Waals surface area contributed by atoms with Crippen LogP contribution < -0.4 is 15.0 Å². The van der Waals surface area contributed by atoms with Crippen LogP contribution in [0.25, 0.3) is 6.08 Å². The molecule has 0 atom stereocenters. The monoisotopic (exact) mass is 400 g/mol. The van der Waals surface area contributed by atoms with Gasteiger partial charge in [0.05, 0.1) is 11.8 Å². The summed E-state index contributed by atoms with van der Waals surface area (Å²) in [6.07, 6.45) is 1.20. The number of hydrogen-bond donors (Lipinski definition) is 2. The number of amides is 4. The maximum absolute atomic E-state index is 12.9. The summed E-state index contributed by atoms with van der Waals surface area (Å²) < 4.78 is 5.70. The molecular weight excluding hydrogens is 384 g/mol. The fourth-order valence-corrected chi connectivity index (χ4v) is 2.82. The number of nitrogens with one attached hydrogen (secondary N) is 1. The van der Waals surface area contributed by atoms with E-state index in [1.165, 1.54) is 30.3 Å². The number of carbonyl (C=O) groups is 3. The molecule has 7 nitrogen and oxygen atoms in total. The van der Waals surface area contributed by atoms with Crippen LogP contribution in [0.5, 0.6) is 11.5 Å². The molecule has 1 aliphatic heterocycles. The molecule has 28 heavy (non-hydrogen) atoms. The number of phenols is 1. The molecule has 0 bridgehead atoms. The number of ether oxygens (including phenoxy) is 1. The van der Waals surface area contributed by atoms with Crippen molar-refractivity contribution in [2.24, 2.45) is 0 Å². The first-order chi connectivity index (χ1) is 13.3. The predicted octanol–water partition coefficient (Wildman–Crippen LogP) is 3.50. The van der Waals surface area contributed by atoms with Crippen molar-refractivity contribution in [3.8, 4) is 11.5 Å². The number of nitrogens with zero attached hydrogens (tertiary/aromatic N) is 1. The van der Waals surface area contributed by atoms with Crippen LogP contribution in [-0.4, -0.2) is 29.1 Å². The van der Waals surface area contributed by atoms with Crippen LogP contribution in [0.1, 0.15) is 19.4 Å². The van der Waals surface area contributed by atoms with Crippen LogP contribution in [0.15, 0.2) is 48.0 Å². The summed E-state index contributed by atoms with van der Waals surface area (Å²) in [6.45, 7) is 3.68. The lowest BCUT2D eigenvalue weighted by Crippen LogP contribution is -2.54. The Morgan fingerprint density at radius 3 is 2.43 bits per heavy atom. The summed E-state index contributed by atoms with van der Waals surface area (Å²) in [5, 5.41) is 11.9. The Morgan fingerprint density at radius 1 is 1.11 bits per heavy atom. The van der Waals surface area contributed by atoms with Gasteiger partial charge in [-0.05, 0) is 62.4 Å². The maximum atomic E-state index is 12.9. The summed E-state index contributed by atoms with van der Waals surface area (Å²) in [7, 11) is 0. The third kappa shape index (κ3) is 3.99. The lowest BCUT2D eigenvalue weighted by atomic mass is 10.1. The molecule has 0 aliphatic carbocycles. The molecular formula is C20H17ClN2O5. The molecule has 0 radical (unpaired) electrons. The molecule has 0 saturated carbocycles. The van der Waals surface area contributed by atoms with Crippen LogP contribution in [-0.2, 0) is 9.59 Å². The Balaban J connectivity index is 2.04. The average Bonchev–Trinajstić information content (AvgIpc) is 2.62. The largest absolute Gasteiger partial charge is 0.508 e. The average molecular weight is 401 g/mol. The van der Waals surface area contributed by atoms with Crippen LogP contribution in [0.3, 0.4) is 0 Å². The van der Waals surface area contributed by atoms with E-state index in [1.807, 2.05) is 13.8 Å². The summed E-state index contributed by atoms with van der Waals surface area (Å²) in [5.41, 5.74) is 0.395. The van der Waals surface area contributed by atoms with Crippen LogP contribution in [0.2, 0.25) is 5.02 Å². The zero-order valence-electron chi connectivity index (χ0n) is 15.1. The predicted molar refractivity (Wildman–Crippen MR) is 104 cm³/mol. The van der Waals surface area contributed by atoms with Gasteiger partial charge in [-0.15, -0.1) is 0 Å². The summed E-state index contributed by atoms with van der Waals surface area (Å²) >= 11 is 6.05. The van der Waals surface area contributed by atoms with Gasteiger partial charge in [0, 0.05) is 10.6 Å². The van der Waals surface area contributed by atoms with E-state index in [-0.39, 0.29) is 23.1 Å². The zero-order valence-corrected chi connectivity index (χ0v) is 15.9. The third-order valence-electron chi connectivity index (χ3n) is 3.84. The van der Waals surface area contributed by atoms with Gasteiger partial charge in [0.25, 0.3) is 11.8 Å². The lowest BCUT2D eigenvalue weighted by molar-refractivity contribution is -0.122. The number of anilines is 1. The van der Waals surface area contributed by atoms with E-state index in [9.17, 15) is 19.5 Å². The second-order valence-corrected chi connectivity index (χ2v) is 6.76. The summed E-state index contributed by atoms with van der Waals surface area (Å²) in [5.74, 6) is -1.19. The van der Waals surface area contributed by atoms with Crippen molar-refractivity contribution in [1.82, 2.24) is 5.32 Å². The number of aromatic hydroxyl groups is 1. The Morgan fingerprint density at radius 2 is 1.79 bits per heavy atom. The standard InChI is InChI=1S/C20H17ClN2O5/c1-11(2)28-17-8-3-13(21)9-12(17)10-16-18(25)22-20(27)23(19(16)26)14-4-6-15(24)7-5-14/h3-11,24H,1-2H3,(H,22,25,27)/b16-10+. The van der Waals surface area contributed by atoms with E-state index in [0.717, 1.165) is 4.90 Å². The number of benzene rings is 2. The molecule has 3 rings (SSSR count). The van der Waals surface area contributed by atoms with Gasteiger partial charge < -0.3 is 9.84 Å². The number of urea groups is 1. The number of carbonyl (C=O) groups excluding carboxylic acids is 3. The number of halogens is 1. The summed E-state index contributed by atoms with van der Waals surface area (Å²) in [6, 6.07) is 9.43. The fraction of sp³-hybridized carbons (Fsp3) is 0.150. The first kappa shape index (κ1) is 19.4. The second kappa shape index (κ2) is 7.74. The summed E-state index contributed by atoms with van der Waals surface area (Å²) in [4.78, 5) is 38.2. The minimum atomic E-state index is -0.873. The molecule has 0 aromatic heterocycles. The van der Waals surface area contributed by atoms with Gasteiger partial charge in [-0.3, -0.25) is 14.9 Å². The van der Waals surface area contributed by atoms with Crippen LogP contribution in [0.4, 0.5) is 10.5 Å². The minimum absolute atomic E-state index is 0.0186. The van der Waals surface area contributed by atoms with Crippen molar-refractivity contribution in [2.45, 2.75) is 20.0 Å². The SMILES string of the molecule is CC(C)Oc1ccc(Cl)cc1/C=C1\C(=O)NC(=O)N(c2ccc(O)cc2)C1=O. The molecule has 8 heteroatoms. The van der Waals surface area contributed by atoms with Gasteiger partial charge in [-0.2, -0.15) is 0 Å². The highest BCUT2D eigenvalue weighted by Gasteiger charge is 2.37. The molecule has 2 N–H and O–H groups in total.